The van der Waals surface area contributed by atoms with Gasteiger partial charge in [0.1, 0.15) is 5.82 Å². The summed E-state index contributed by atoms with van der Waals surface area (Å²) in [5, 5.41) is 14.5. The zero-order valence-corrected chi connectivity index (χ0v) is 19.2. The van der Waals surface area contributed by atoms with E-state index in [-0.39, 0.29) is 24.0 Å². The van der Waals surface area contributed by atoms with Gasteiger partial charge in [0.2, 0.25) is 0 Å². The Balaban J connectivity index is 1.37. The number of hydrogen-bond acceptors (Lipinski definition) is 3. The highest BCUT2D eigenvalue weighted by Crippen LogP contribution is 2.36. The third-order valence-electron chi connectivity index (χ3n) is 6.19. The maximum absolute atomic E-state index is 13.9. The third kappa shape index (κ3) is 4.22. The number of carbonyl (C=O) groups excluding carboxylic acids is 2. The van der Waals surface area contributed by atoms with E-state index in [0.717, 1.165) is 16.7 Å². The van der Waals surface area contributed by atoms with Crippen LogP contribution in [0.2, 0.25) is 0 Å². The van der Waals surface area contributed by atoms with Crippen LogP contribution in [0.5, 0.6) is 0 Å². The first-order chi connectivity index (χ1) is 17.5. The van der Waals surface area contributed by atoms with Crippen molar-refractivity contribution in [3.63, 3.8) is 0 Å². The molecule has 1 heterocycles. The third-order valence-corrected chi connectivity index (χ3v) is 6.19. The number of anilines is 1. The van der Waals surface area contributed by atoms with Gasteiger partial charge < -0.3 is 10.6 Å². The molecule has 0 atom stereocenters. The van der Waals surface area contributed by atoms with Gasteiger partial charge in [0.05, 0.1) is 6.54 Å². The van der Waals surface area contributed by atoms with E-state index >= 15 is 0 Å². The van der Waals surface area contributed by atoms with Gasteiger partial charge in [0.25, 0.3) is 11.8 Å². The number of guanidine groups is 1. The molecule has 36 heavy (non-hydrogen) atoms. The highest BCUT2D eigenvalue weighted by molar-refractivity contribution is 6.10. The topological polar surface area (TPSA) is 85.3 Å². The first kappa shape index (κ1) is 23.0. The molecule has 178 valence electrons. The Bertz CT molecular complexity index is 1380. The lowest BCUT2D eigenvalue weighted by molar-refractivity contribution is -0.130. The Morgan fingerprint density at radius 2 is 1.47 bits per heavy atom. The average Bonchev–Trinajstić information content (AvgIpc) is 3.16. The normalized spacial score (nSPS) is 14.4. The fraction of sp³-hybridized carbons (Fsp3) is 0.0690. The van der Waals surface area contributed by atoms with Crippen molar-refractivity contribution in [2.75, 3.05) is 5.32 Å². The molecule has 1 fully saturated rings. The number of carbonyl (C=O) groups is 2. The Labute approximate surface area is 207 Å². The van der Waals surface area contributed by atoms with Crippen molar-refractivity contribution in [2.24, 2.45) is 0 Å². The first-order valence-electron chi connectivity index (χ1n) is 11.4. The molecule has 1 saturated heterocycles. The van der Waals surface area contributed by atoms with E-state index in [9.17, 15) is 14.0 Å². The molecule has 7 heteroatoms. The zero-order valence-electron chi connectivity index (χ0n) is 19.2. The second-order valence-corrected chi connectivity index (χ2v) is 8.51. The second kappa shape index (κ2) is 9.46. The minimum absolute atomic E-state index is 0.0104. The van der Waals surface area contributed by atoms with E-state index in [0.29, 0.717) is 5.69 Å². The Kier molecular flexibility index (Phi) is 6.04. The maximum atomic E-state index is 13.9. The summed E-state index contributed by atoms with van der Waals surface area (Å²) < 4.78 is 13.4. The first-order valence-corrected chi connectivity index (χ1v) is 11.4. The highest BCUT2D eigenvalue weighted by atomic mass is 19.1. The molecule has 0 saturated carbocycles. The summed E-state index contributed by atoms with van der Waals surface area (Å²) >= 11 is 0. The van der Waals surface area contributed by atoms with Crippen molar-refractivity contribution >= 4 is 23.5 Å². The number of nitrogens with one attached hydrogen (secondary N) is 3. The maximum Gasteiger partial charge on any atom is 0.264 e. The molecule has 5 rings (SSSR count). The van der Waals surface area contributed by atoms with Gasteiger partial charge in [-0.25, -0.2) is 4.39 Å². The predicted octanol–water partition coefficient (Wildman–Crippen LogP) is 4.89. The molecular formula is C29H23FN4O2. The van der Waals surface area contributed by atoms with Crippen molar-refractivity contribution < 1.29 is 14.0 Å². The summed E-state index contributed by atoms with van der Waals surface area (Å²) in [5.41, 5.74) is 1.86. The average molecular weight is 479 g/mol. The summed E-state index contributed by atoms with van der Waals surface area (Å²) in [4.78, 5) is 27.7. The minimum atomic E-state index is -1.20. The van der Waals surface area contributed by atoms with Crippen LogP contribution in [0.15, 0.2) is 109 Å². The van der Waals surface area contributed by atoms with E-state index in [1.807, 2.05) is 60.7 Å². The molecular weight excluding hydrogens is 455 g/mol. The largest absolute Gasteiger partial charge is 0.334 e. The molecule has 4 aromatic carbocycles. The number of hydrogen-bond donors (Lipinski definition) is 3. The molecule has 2 amide bonds. The van der Waals surface area contributed by atoms with Crippen molar-refractivity contribution in [3.8, 4) is 0 Å². The van der Waals surface area contributed by atoms with Crippen LogP contribution in [0, 0.1) is 11.2 Å². The summed E-state index contributed by atoms with van der Waals surface area (Å²) in [5.74, 6) is -1.13. The number of benzene rings is 4. The predicted molar refractivity (Wildman–Crippen MR) is 136 cm³/mol. The fourth-order valence-corrected chi connectivity index (χ4v) is 4.40. The molecule has 3 N–H and O–H groups in total. The number of amides is 2. The monoisotopic (exact) mass is 478 g/mol. The lowest BCUT2D eigenvalue weighted by Crippen LogP contribution is -2.45. The van der Waals surface area contributed by atoms with Gasteiger partial charge in [-0.2, -0.15) is 0 Å². The lowest BCUT2D eigenvalue weighted by Gasteiger charge is -2.28. The Morgan fingerprint density at radius 3 is 2.06 bits per heavy atom. The van der Waals surface area contributed by atoms with E-state index in [2.05, 4.69) is 10.6 Å². The SMILES string of the molecule is N=C1NC(c2ccccc2)(c2ccccc2)C(=O)N1Cc1ccc(NC(=O)c2cccc(F)c2)cc1. The zero-order chi connectivity index (χ0) is 25.1. The molecule has 1 aliphatic heterocycles. The van der Waals surface area contributed by atoms with Gasteiger partial charge in [0, 0.05) is 11.3 Å². The van der Waals surface area contributed by atoms with Crippen LogP contribution in [-0.2, 0) is 16.9 Å². The van der Waals surface area contributed by atoms with Crippen LogP contribution < -0.4 is 10.6 Å². The number of halogens is 1. The van der Waals surface area contributed by atoms with Gasteiger partial charge in [0.15, 0.2) is 11.5 Å². The summed E-state index contributed by atoms with van der Waals surface area (Å²) in [7, 11) is 0. The molecule has 1 aliphatic rings. The molecule has 0 unspecified atom stereocenters. The standard InChI is InChI=1S/C29H23FN4O2/c30-24-13-7-8-21(18-24)26(35)32-25-16-14-20(15-17-25)19-34-27(36)29(33-28(34)31,22-9-3-1-4-10-22)23-11-5-2-6-12-23/h1-18H,19H2,(H2,31,33)(H,32,35). The molecule has 6 nitrogen and oxygen atoms in total. The van der Waals surface area contributed by atoms with Crippen LogP contribution >= 0.6 is 0 Å². The molecule has 0 aromatic heterocycles. The van der Waals surface area contributed by atoms with Crippen molar-refractivity contribution in [1.29, 1.82) is 5.41 Å². The Hall–Kier alpha value is -4.78. The van der Waals surface area contributed by atoms with Gasteiger partial charge in [-0.3, -0.25) is 19.9 Å². The molecule has 0 spiro atoms. The summed E-state index contributed by atoms with van der Waals surface area (Å²) in [6.45, 7) is 0.185. The molecule has 0 aliphatic carbocycles. The van der Waals surface area contributed by atoms with E-state index in [4.69, 9.17) is 5.41 Å². The van der Waals surface area contributed by atoms with E-state index < -0.39 is 17.3 Å². The van der Waals surface area contributed by atoms with Gasteiger partial charge in [-0.05, 0) is 47.0 Å². The van der Waals surface area contributed by atoms with E-state index in [1.54, 1.807) is 24.3 Å². The number of nitrogens with zero attached hydrogens (tertiary/aromatic N) is 1. The van der Waals surface area contributed by atoms with Crippen molar-refractivity contribution in [3.05, 3.63) is 137 Å². The van der Waals surface area contributed by atoms with Crippen molar-refractivity contribution in [2.45, 2.75) is 12.1 Å². The van der Waals surface area contributed by atoms with Crippen LogP contribution in [0.3, 0.4) is 0 Å². The summed E-state index contributed by atoms with van der Waals surface area (Å²) in [6.07, 6.45) is 0. The van der Waals surface area contributed by atoms with Crippen LogP contribution in [-0.4, -0.2) is 22.7 Å². The second-order valence-electron chi connectivity index (χ2n) is 8.51. The van der Waals surface area contributed by atoms with Crippen LogP contribution in [0.25, 0.3) is 0 Å². The van der Waals surface area contributed by atoms with Gasteiger partial charge in [-0.1, -0.05) is 78.9 Å². The van der Waals surface area contributed by atoms with Gasteiger partial charge in [-0.15, -0.1) is 0 Å². The fourth-order valence-electron chi connectivity index (χ4n) is 4.40. The quantitative estimate of drug-likeness (QED) is 0.369. The van der Waals surface area contributed by atoms with Crippen LogP contribution in [0.1, 0.15) is 27.0 Å². The summed E-state index contributed by atoms with van der Waals surface area (Å²) in [6, 6.07) is 31.3. The molecule has 0 bridgehead atoms. The lowest BCUT2D eigenvalue weighted by atomic mass is 9.82. The number of rotatable bonds is 6. The minimum Gasteiger partial charge on any atom is -0.334 e. The molecule has 4 aromatic rings. The molecule has 0 radical (unpaired) electrons. The van der Waals surface area contributed by atoms with Crippen molar-refractivity contribution in [1.82, 2.24) is 10.2 Å². The Morgan fingerprint density at radius 1 is 0.861 bits per heavy atom. The van der Waals surface area contributed by atoms with E-state index in [1.165, 1.54) is 29.2 Å². The van der Waals surface area contributed by atoms with Crippen LogP contribution in [0.4, 0.5) is 10.1 Å². The highest BCUT2D eigenvalue weighted by Gasteiger charge is 2.52. The smallest absolute Gasteiger partial charge is 0.264 e. The van der Waals surface area contributed by atoms with Gasteiger partial charge >= 0.3 is 0 Å².